The number of likely N-dealkylation sites (N-methyl/N-ethyl adjacent to an activating group) is 1. The van der Waals surface area contributed by atoms with E-state index in [2.05, 4.69) is 35.3 Å². The van der Waals surface area contributed by atoms with Gasteiger partial charge in [-0.15, -0.1) is 0 Å². The summed E-state index contributed by atoms with van der Waals surface area (Å²) in [5, 5.41) is 3.39. The van der Waals surface area contributed by atoms with Gasteiger partial charge in [-0.05, 0) is 39.1 Å². The van der Waals surface area contributed by atoms with E-state index in [4.69, 9.17) is 0 Å². The first-order chi connectivity index (χ1) is 6.78. The van der Waals surface area contributed by atoms with Gasteiger partial charge in [0.15, 0.2) is 0 Å². The van der Waals surface area contributed by atoms with E-state index < -0.39 is 0 Å². The molecule has 0 bridgehead atoms. The fourth-order valence-electron chi connectivity index (χ4n) is 2.62. The van der Waals surface area contributed by atoms with Crippen LogP contribution in [0.25, 0.3) is 0 Å². The van der Waals surface area contributed by atoms with Gasteiger partial charge in [0.25, 0.3) is 0 Å². The molecule has 3 heteroatoms. The lowest BCUT2D eigenvalue weighted by atomic mass is 9.84. The van der Waals surface area contributed by atoms with E-state index in [1.807, 2.05) is 0 Å². The summed E-state index contributed by atoms with van der Waals surface area (Å²) in [5.41, 5.74) is 0. The van der Waals surface area contributed by atoms with Crippen molar-refractivity contribution < 1.29 is 0 Å². The highest BCUT2D eigenvalue weighted by Gasteiger charge is 2.38. The lowest BCUT2D eigenvalue weighted by Gasteiger charge is -2.43. The summed E-state index contributed by atoms with van der Waals surface area (Å²) in [5.74, 6) is 0. The van der Waals surface area contributed by atoms with Crippen molar-refractivity contribution in [2.24, 2.45) is 0 Å². The fourth-order valence-corrected chi connectivity index (χ4v) is 3.63. The van der Waals surface area contributed by atoms with E-state index in [9.17, 15) is 0 Å². The van der Waals surface area contributed by atoms with Gasteiger partial charge in [-0.25, -0.2) is 0 Å². The topological polar surface area (TPSA) is 15.3 Å². The quantitative estimate of drug-likeness (QED) is 0.765. The first-order valence-corrected chi connectivity index (χ1v) is 6.95. The summed E-state index contributed by atoms with van der Waals surface area (Å²) in [6.45, 7) is 3.89. The zero-order chi connectivity index (χ0) is 10.0. The Balaban J connectivity index is 1.80. The van der Waals surface area contributed by atoms with Crippen LogP contribution >= 0.6 is 11.8 Å². The highest BCUT2D eigenvalue weighted by Crippen LogP contribution is 2.43. The molecule has 1 heterocycles. The van der Waals surface area contributed by atoms with Gasteiger partial charge >= 0.3 is 0 Å². The molecule has 2 fully saturated rings. The van der Waals surface area contributed by atoms with Crippen molar-refractivity contribution >= 4 is 11.8 Å². The van der Waals surface area contributed by atoms with Crippen LogP contribution in [0.1, 0.15) is 25.7 Å². The van der Waals surface area contributed by atoms with Crippen LogP contribution in [-0.2, 0) is 0 Å². The second-order valence-corrected chi connectivity index (χ2v) is 6.02. The van der Waals surface area contributed by atoms with Crippen molar-refractivity contribution in [1.29, 1.82) is 0 Å². The molecule has 2 nitrogen and oxygen atoms in total. The molecule has 1 N–H and O–H groups in total. The molecule has 0 aromatic heterocycles. The standard InChI is InChI=1S/C11H22N2S/c1-12-10-4-7-13(8-10)9-11(14-2)5-3-6-11/h10,12H,3-9H2,1-2H3. The van der Waals surface area contributed by atoms with Crippen LogP contribution in [0.2, 0.25) is 0 Å². The van der Waals surface area contributed by atoms with Crippen molar-refractivity contribution in [3.05, 3.63) is 0 Å². The monoisotopic (exact) mass is 214 g/mol. The Morgan fingerprint density at radius 1 is 1.50 bits per heavy atom. The second-order valence-electron chi connectivity index (χ2n) is 4.75. The minimum atomic E-state index is 0.628. The molecule has 82 valence electrons. The van der Waals surface area contributed by atoms with Gasteiger partial charge in [0.1, 0.15) is 0 Å². The zero-order valence-corrected chi connectivity index (χ0v) is 10.2. The Hall–Kier alpha value is 0.270. The van der Waals surface area contributed by atoms with Crippen molar-refractivity contribution in [2.45, 2.75) is 36.5 Å². The highest BCUT2D eigenvalue weighted by molar-refractivity contribution is 8.00. The van der Waals surface area contributed by atoms with Crippen LogP contribution in [0.4, 0.5) is 0 Å². The van der Waals surface area contributed by atoms with E-state index in [1.54, 1.807) is 0 Å². The SMILES string of the molecule is CNC1CCN(CC2(SC)CCC2)C1. The molecule has 0 spiro atoms. The van der Waals surface area contributed by atoms with Crippen LogP contribution in [0.5, 0.6) is 0 Å². The molecule has 0 amide bonds. The average molecular weight is 214 g/mol. The molecule has 1 unspecified atom stereocenters. The Morgan fingerprint density at radius 2 is 2.29 bits per heavy atom. The lowest BCUT2D eigenvalue weighted by Crippen LogP contribution is -2.45. The summed E-state index contributed by atoms with van der Waals surface area (Å²) >= 11 is 2.09. The van der Waals surface area contributed by atoms with Gasteiger partial charge in [-0.2, -0.15) is 11.8 Å². The molecule has 2 aliphatic rings. The van der Waals surface area contributed by atoms with E-state index >= 15 is 0 Å². The van der Waals surface area contributed by atoms with Crippen LogP contribution in [-0.4, -0.2) is 48.6 Å². The van der Waals surface area contributed by atoms with Gasteiger partial charge in [0.2, 0.25) is 0 Å². The summed E-state index contributed by atoms with van der Waals surface area (Å²) in [4.78, 5) is 2.65. The van der Waals surface area contributed by atoms with Crippen LogP contribution in [0, 0.1) is 0 Å². The molecule has 2 rings (SSSR count). The number of nitrogens with one attached hydrogen (secondary N) is 1. The predicted octanol–water partition coefficient (Wildman–Crippen LogP) is 1.57. The third-order valence-corrected chi connectivity index (χ3v) is 5.29. The molecule has 0 radical (unpaired) electrons. The normalized spacial score (nSPS) is 31.7. The maximum Gasteiger partial charge on any atom is 0.0284 e. The Labute approximate surface area is 91.8 Å². The van der Waals surface area contributed by atoms with E-state index in [0.29, 0.717) is 4.75 Å². The third kappa shape index (κ3) is 2.10. The van der Waals surface area contributed by atoms with Gasteiger partial charge < -0.3 is 10.2 Å². The molecule has 1 aliphatic carbocycles. The molecule has 0 aromatic rings. The number of rotatable bonds is 4. The highest BCUT2D eigenvalue weighted by atomic mass is 32.2. The molecule has 1 aliphatic heterocycles. The summed E-state index contributed by atoms with van der Waals surface area (Å²) in [6.07, 6.45) is 7.94. The van der Waals surface area contributed by atoms with Crippen LogP contribution in [0.15, 0.2) is 0 Å². The fraction of sp³-hybridized carbons (Fsp3) is 1.00. The maximum atomic E-state index is 3.39. The van der Waals surface area contributed by atoms with E-state index in [1.165, 1.54) is 45.3 Å². The van der Waals surface area contributed by atoms with Crippen molar-refractivity contribution in [1.82, 2.24) is 10.2 Å². The average Bonchev–Trinajstić information content (AvgIpc) is 2.59. The minimum Gasteiger partial charge on any atom is -0.316 e. The van der Waals surface area contributed by atoms with Gasteiger partial charge in [-0.3, -0.25) is 0 Å². The lowest BCUT2D eigenvalue weighted by molar-refractivity contribution is 0.231. The molecule has 1 saturated heterocycles. The van der Waals surface area contributed by atoms with Gasteiger partial charge in [0, 0.05) is 23.9 Å². The maximum absolute atomic E-state index is 3.39. The van der Waals surface area contributed by atoms with E-state index in [-0.39, 0.29) is 0 Å². The first-order valence-electron chi connectivity index (χ1n) is 5.73. The summed E-state index contributed by atoms with van der Waals surface area (Å²) in [6, 6.07) is 0.744. The van der Waals surface area contributed by atoms with Crippen molar-refractivity contribution in [3.63, 3.8) is 0 Å². The molecular weight excluding hydrogens is 192 g/mol. The van der Waals surface area contributed by atoms with Crippen molar-refractivity contribution in [2.75, 3.05) is 32.9 Å². The van der Waals surface area contributed by atoms with Crippen LogP contribution in [0.3, 0.4) is 0 Å². The third-order valence-electron chi connectivity index (χ3n) is 3.89. The van der Waals surface area contributed by atoms with Gasteiger partial charge in [0.05, 0.1) is 0 Å². The second kappa shape index (κ2) is 4.42. The van der Waals surface area contributed by atoms with Crippen molar-refractivity contribution in [3.8, 4) is 0 Å². The first kappa shape index (κ1) is 10.8. The predicted molar refractivity (Wildman–Crippen MR) is 64.0 cm³/mol. The summed E-state index contributed by atoms with van der Waals surface area (Å²) in [7, 11) is 2.09. The molecule has 1 saturated carbocycles. The van der Waals surface area contributed by atoms with Crippen LogP contribution < -0.4 is 5.32 Å². The number of hydrogen-bond acceptors (Lipinski definition) is 3. The Kier molecular flexibility index (Phi) is 3.40. The molecule has 14 heavy (non-hydrogen) atoms. The van der Waals surface area contributed by atoms with E-state index in [0.717, 1.165) is 6.04 Å². The molecular formula is C11H22N2S. The number of thioether (sulfide) groups is 1. The largest absolute Gasteiger partial charge is 0.316 e. The number of nitrogens with zero attached hydrogens (tertiary/aromatic N) is 1. The summed E-state index contributed by atoms with van der Waals surface area (Å²) < 4.78 is 0.628. The number of hydrogen-bond donors (Lipinski definition) is 1. The Bertz CT molecular complexity index is 186. The van der Waals surface area contributed by atoms with Gasteiger partial charge in [-0.1, -0.05) is 6.42 Å². The zero-order valence-electron chi connectivity index (χ0n) is 9.38. The Morgan fingerprint density at radius 3 is 2.71 bits per heavy atom. The molecule has 1 atom stereocenters. The minimum absolute atomic E-state index is 0.628. The number of likely N-dealkylation sites (tertiary alicyclic amines) is 1. The smallest absolute Gasteiger partial charge is 0.0284 e. The molecule has 0 aromatic carbocycles.